The Morgan fingerprint density at radius 1 is 1.13 bits per heavy atom. The van der Waals surface area contributed by atoms with Crippen molar-refractivity contribution in [1.82, 2.24) is 29.5 Å². The van der Waals surface area contributed by atoms with Gasteiger partial charge in [-0.05, 0) is 86.3 Å². The van der Waals surface area contributed by atoms with E-state index in [9.17, 15) is 9.90 Å². The first-order valence-corrected chi connectivity index (χ1v) is 14.7. The SMILES string of the molecule is Cc1ccc(SN2C=CNC(=O)[C@H]2Cc2cn([C@@H]3CCCc4cc(CN5CCC[C@H]5CO)ccc43)nn2)cc1. The lowest BCUT2D eigenvalue weighted by Gasteiger charge is -2.30. The molecule has 9 heteroatoms. The van der Waals surface area contributed by atoms with Crippen molar-refractivity contribution in [3.05, 3.63) is 89.0 Å². The van der Waals surface area contributed by atoms with Gasteiger partial charge < -0.3 is 14.7 Å². The number of fused-ring (bicyclic) bond motifs is 1. The molecule has 3 heterocycles. The van der Waals surface area contributed by atoms with Gasteiger partial charge >= 0.3 is 0 Å². The van der Waals surface area contributed by atoms with Crippen LogP contribution in [0.4, 0.5) is 0 Å². The van der Waals surface area contributed by atoms with Gasteiger partial charge in [0, 0.05) is 42.5 Å². The number of aryl methyl sites for hydroxylation is 2. The second-order valence-corrected chi connectivity index (χ2v) is 12.0. The lowest BCUT2D eigenvalue weighted by molar-refractivity contribution is -0.123. The van der Waals surface area contributed by atoms with Crippen molar-refractivity contribution in [1.29, 1.82) is 0 Å². The number of carbonyl (C=O) groups is 1. The highest BCUT2D eigenvalue weighted by Gasteiger charge is 2.30. The smallest absolute Gasteiger partial charge is 0.248 e. The molecule has 0 radical (unpaired) electrons. The van der Waals surface area contributed by atoms with E-state index < -0.39 is 0 Å². The zero-order valence-electron chi connectivity index (χ0n) is 22.4. The number of aromatic nitrogens is 3. The van der Waals surface area contributed by atoms with Crippen molar-refractivity contribution in [2.45, 2.75) is 75.0 Å². The van der Waals surface area contributed by atoms with Gasteiger partial charge in [-0.1, -0.05) is 41.1 Å². The maximum atomic E-state index is 12.8. The summed E-state index contributed by atoms with van der Waals surface area (Å²) >= 11 is 1.56. The summed E-state index contributed by atoms with van der Waals surface area (Å²) in [7, 11) is 0. The predicted molar refractivity (Wildman–Crippen MR) is 152 cm³/mol. The molecule has 1 saturated heterocycles. The van der Waals surface area contributed by atoms with Gasteiger partial charge in [-0.3, -0.25) is 9.69 Å². The van der Waals surface area contributed by atoms with Crippen molar-refractivity contribution in [2.75, 3.05) is 13.2 Å². The number of likely N-dealkylation sites (tertiary alicyclic amines) is 1. The highest BCUT2D eigenvalue weighted by atomic mass is 32.2. The Morgan fingerprint density at radius 3 is 2.85 bits per heavy atom. The molecule has 6 rings (SSSR count). The molecule has 2 aromatic carbocycles. The monoisotopic (exact) mass is 544 g/mol. The second kappa shape index (κ2) is 11.5. The molecule has 1 amide bonds. The van der Waals surface area contributed by atoms with Crippen LogP contribution in [0.25, 0.3) is 0 Å². The van der Waals surface area contributed by atoms with Gasteiger partial charge in [-0.25, -0.2) is 4.68 Å². The van der Waals surface area contributed by atoms with Crippen molar-refractivity contribution < 1.29 is 9.90 Å². The number of nitrogens with zero attached hydrogens (tertiary/aromatic N) is 5. The molecule has 2 aliphatic heterocycles. The van der Waals surface area contributed by atoms with Crippen LogP contribution in [0.15, 0.2) is 66.0 Å². The fourth-order valence-electron chi connectivity index (χ4n) is 6.02. The fraction of sp³-hybridized carbons (Fsp3) is 0.433. The largest absolute Gasteiger partial charge is 0.395 e. The maximum Gasteiger partial charge on any atom is 0.248 e. The van der Waals surface area contributed by atoms with Crippen LogP contribution in [-0.4, -0.2) is 60.4 Å². The molecule has 39 heavy (non-hydrogen) atoms. The minimum absolute atomic E-state index is 0.0383. The van der Waals surface area contributed by atoms with E-state index in [0.717, 1.165) is 55.8 Å². The average Bonchev–Trinajstić information content (AvgIpc) is 3.61. The summed E-state index contributed by atoms with van der Waals surface area (Å²) in [6.07, 6.45) is 11.6. The van der Waals surface area contributed by atoms with Crippen LogP contribution in [0.5, 0.6) is 0 Å². The number of carbonyl (C=O) groups excluding carboxylic acids is 1. The average molecular weight is 545 g/mol. The van der Waals surface area contributed by atoms with Crippen molar-refractivity contribution in [3.8, 4) is 0 Å². The Labute approximate surface area is 234 Å². The molecule has 1 fully saturated rings. The zero-order chi connectivity index (χ0) is 26.8. The molecule has 204 valence electrons. The van der Waals surface area contributed by atoms with Gasteiger partial charge in [0.15, 0.2) is 0 Å². The molecule has 2 N–H and O–H groups in total. The molecular weight excluding hydrogens is 508 g/mol. The third kappa shape index (κ3) is 5.76. The lowest BCUT2D eigenvalue weighted by Crippen LogP contribution is -2.45. The summed E-state index contributed by atoms with van der Waals surface area (Å²) in [5.74, 6) is -0.0383. The number of rotatable bonds is 8. The number of amides is 1. The predicted octanol–water partition coefficient (Wildman–Crippen LogP) is 3.99. The molecule has 0 spiro atoms. The third-order valence-electron chi connectivity index (χ3n) is 8.15. The standard InChI is InChI=1S/C30H36N6O2S/c1-21-7-10-26(11-8-21)39-36-15-13-31-30(38)29(36)17-24-19-35(33-32-24)28-6-2-4-23-16-22(9-12-27(23)28)18-34-14-3-5-25(34)20-37/h7-13,15-16,19,25,28-29,37H,2-6,14,17-18,20H2,1H3,(H,31,38)/t25-,28+,29+/m0/s1. The zero-order valence-corrected chi connectivity index (χ0v) is 23.2. The van der Waals surface area contributed by atoms with E-state index in [1.807, 2.05) is 21.4 Å². The summed E-state index contributed by atoms with van der Waals surface area (Å²) in [5.41, 5.74) is 6.04. The summed E-state index contributed by atoms with van der Waals surface area (Å²) in [4.78, 5) is 16.3. The summed E-state index contributed by atoms with van der Waals surface area (Å²) in [5, 5.41) is 21.6. The first kappa shape index (κ1) is 26.1. The minimum Gasteiger partial charge on any atom is -0.395 e. The second-order valence-electron chi connectivity index (χ2n) is 10.9. The molecule has 0 bridgehead atoms. The Balaban J connectivity index is 1.16. The van der Waals surface area contributed by atoms with Crippen LogP contribution in [-0.2, 0) is 24.2 Å². The van der Waals surface area contributed by atoms with Crippen LogP contribution in [0.1, 0.15) is 59.7 Å². The number of benzene rings is 2. The van der Waals surface area contributed by atoms with E-state index in [2.05, 4.69) is 69.9 Å². The summed E-state index contributed by atoms with van der Waals surface area (Å²) < 4.78 is 3.99. The van der Waals surface area contributed by atoms with Gasteiger partial charge in [-0.2, -0.15) is 0 Å². The Bertz CT molecular complexity index is 1340. The Morgan fingerprint density at radius 2 is 2.00 bits per heavy atom. The number of hydrogen-bond acceptors (Lipinski definition) is 7. The molecule has 3 atom stereocenters. The van der Waals surface area contributed by atoms with Crippen molar-refractivity contribution in [2.24, 2.45) is 0 Å². The van der Waals surface area contributed by atoms with E-state index in [0.29, 0.717) is 6.42 Å². The van der Waals surface area contributed by atoms with Crippen molar-refractivity contribution >= 4 is 17.9 Å². The number of aliphatic hydroxyl groups is 1. The molecule has 1 aliphatic carbocycles. The quantitative estimate of drug-likeness (QED) is 0.415. The van der Waals surface area contributed by atoms with Gasteiger partial charge in [0.05, 0.1) is 18.3 Å². The highest BCUT2D eigenvalue weighted by Crippen LogP contribution is 2.34. The van der Waals surface area contributed by atoms with E-state index in [1.54, 1.807) is 18.1 Å². The minimum atomic E-state index is -0.374. The lowest BCUT2D eigenvalue weighted by atomic mass is 9.86. The topological polar surface area (TPSA) is 86.5 Å². The van der Waals surface area contributed by atoms with Crippen molar-refractivity contribution in [3.63, 3.8) is 0 Å². The van der Waals surface area contributed by atoms with Crippen LogP contribution in [0, 0.1) is 6.92 Å². The Kier molecular flexibility index (Phi) is 7.72. The number of nitrogens with one attached hydrogen (secondary N) is 1. The molecule has 1 aromatic heterocycles. The van der Waals surface area contributed by atoms with Crippen LogP contribution < -0.4 is 5.32 Å². The van der Waals surface area contributed by atoms with Gasteiger partial charge in [0.25, 0.3) is 0 Å². The maximum absolute atomic E-state index is 12.8. The van der Waals surface area contributed by atoms with Gasteiger partial charge in [-0.15, -0.1) is 5.10 Å². The van der Waals surface area contributed by atoms with Crippen LogP contribution >= 0.6 is 11.9 Å². The molecule has 0 saturated carbocycles. The third-order valence-corrected chi connectivity index (χ3v) is 9.22. The molecule has 3 aromatic rings. The van der Waals surface area contributed by atoms with Gasteiger partial charge in [0.1, 0.15) is 6.04 Å². The van der Waals surface area contributed by atoms with E-state index in [-0.39, 0.29) is 30.6 Å². The van der Waals surface area contributed by atoms with Gasteiger partial charge in [0.2, 0.25) is 5.91 Å². The first-order chi connectivity index (χ1) is 19.1. The first-order valence-electron chi connectivity index (χ1n) is 13.9. The summed E-state index contributed by atoms with van der Waals surface area (Å²) in [6, 6.07) is 15.2. The van der Waals surface area contributed by atoms with E-state index in [1.165, 1.54) is 22.3 Å². The van der Waals surface area contributed by atoms with Crippen LogP contribution in [0.2, 0.25) is 0 Å². The highest BCUT2D eigenvalue weighted by molar-refractivity contribution is 7.97. The number of aliphatic hydroxyl groups excluding tert-OH is 1. The van der Waals surface area contributed by atoms with Crippen LogP contribution in [0.3, 0.4) is 0 Å². The van der Waals surface area contributed by atoms with E-state index >= 15 is 0 Å². The molecule has 3 aliphatic rings. The molecular formula is C30H36N6O2S. The fourth-order valence-corrected chi connectivity index (χ4v) is 6.94. The van der Waals surface area contributed by atoms with E-state index in [4.69, 9.17) is 0 Å². The Hall–Kier alpha value is -3.14. The summed E-state index contributed by atoms with van der Waals surface area (Å²) in [6.45, 7) is 4.26. The molecule has 0 unspecified atom stereocenters. The normalized spacial score (nSPS) is 23.2. The molecule has 8 nitrogen and oxygen atoms in total. The number of hydrogen-bond donors (Lipinski definition) is 2.